The molecule has 20 heavy (non-hydrogen) atoms. The van der Waals surface area contributed by atoms with E-state index in [0.717, 1.165) is 15.6 Å². The number of hydrogen-bond donors (Lipinski definition) is 2. The van der Waals surface area contributed by atoms with Crippen LogP contribution in [-0.4, -0.2) is 22.9 Å². The molecule has 1 amide bonds. The van der Waals surface area contributed by atoms with Crippen molar-refractivity contribution in [2.75, 3.05) is 12.4 Å². The summed E-state index contributed by atoms with van der Waals surface area (Å²) in [5, 5.41) is 5.79. The van der Waals surface area contributed by atoms with Gasteiger partial charge in [-0.1, -0.05) is 0 Å². The summed E-state index contributed by atoms with van der Waals surface area (Å²) in [6, 6.07) is 3.66. The summed E-state index contributed by atoms with van der Waals surface area (Å²) in [5.74, 6) is 0.375. The standard InChI is InChI=1S/C14H15BrN4O/c1-9-3-4-17-6-10(9)7-19-14(20)12-5-11(15)8-18-13(12)16-2/h3-6,8H,7H2,1-2H3,(H,16,18)(H,19,20). The van der Waals surface area contributed by atoms with Gasteiger partial charge in [0.15, 0.2) is 0 Å². The van der Waals surface area contributed by atoms with Crippen LogP contribution >= 0.6 is 15.9 Å². The van der Waals surface area contributed by atoms with E-state index in [1.165, 1.54) is 0 Å². The molecule has 0 unspecified atom stereocenters. The van der Waals surface area contributed by atoms with Crippen molar-refractivity contribution in [2.45, 2.75) is 13.5 Å². The SMILES string of the molecule is CNc1ncc(Br)cc1C(=O)NCc1cnccc1C. The van der Waals surface area contributed by atoms with Crippen LogP contribution in [0, 0.1) is 6.92 Å². The molecule has 0 aliphatic rings. The summed E-state index contributed by atoms with van der Waals surface area (Å²) in [7, 11) is 1.73. The van der Waals surface area contributed by atoms with Crippen LogP contribution in [0.2, 0.25) is 0 Å². The van der Waals surface area contributed by atoms with Crippen molar-refractivity contribution in [3.63, 3.8) is 0 Å². The second-order valence-electron chi connectivity index (χ2n) is 4.28. The zero-order valence-electron chi connectivity index (χ0n) is 11.3. The van der Waals surface area contributed by atoms with Crippen LogP contribution in [0.15, 0.2) is 35.2 Å². The van der Waals surface area contributed by atoms with Gasteiger partial charge in [-0.25, -0.2) is 4.98 Å². The minimum Gasteiger partial charge on any atom is -0.372 e. The van der Waals surface area contributed by atoms with Crippen molar-refractivity contribution in [3.05, 3.63) is 51.9 Å². The normalized spacial score (nSPS) is 10.2. The highest BCUT2D eigenvalue weighted by atomic mass is 79.9. The van der Waals surface area contributed by atoms with Gasteiger partial charge in [-0.15, -0.1) is 0 Å². The van der Waals surface area contributed by atoms with Gasteiger partial charge in [-0.3, -0.25) is 9.78 Å². The fourth-order valence-electron chi connectivity index (χ4n) is 1.76. The molecule has 104 valence electrons. The van der Waals surface area contributed by atoms with Gasteiger partial charge >= 0.3 is 0 Å². The maximum atomic E-state index is 12.2. The number of nitrogens with one attached hydrogen (secondary N) is 2. The Morgan fingerprint density at radius 3 is 2.90 bits per heavy atom. The first-order valence-corrected chi connectivity index (χ1v) is 6.92. The van der Waals surface area contributed by atoms with Gasteiger partial charge in [0.2, 0.25) is 0 Å². The highest BCUT2D eigenvalue weighted by Crippen LogP contribution is 2.17. The topological polar surface area (TPSA) is 66.9 Å². The summed E-state index contributed by atoms with van der Waals surface area (Å²) in [4.78, 5) is 20.4. The molecule has 0 bridgehead atoms. The molecule has 0 fully saturated rings. The van der Waals surface area contributed by atoms with E-state index < -0.39 is 0 Å². The highest BCUT2D eigenvalue weighted by molar-refractivity contribution is 9.10. The van der Waals surface area contributed by atoms with Crippen LogP contribution in [0.25, 0.3) is 0 Å². The van der Waals surface area contributed by atoms with Crippen molar-refractivity contribution in [1.29, 1.82) is 0 Å². The fraction of sp³-hybridized carbons (Fsp3) is 0.214. The van der Waals surface area contributed by atoms with E-state index >= 15 is 0 Å². The Bertz CT molecular complexity index is 630. The second kappa shape index (κ2) is 6.47. The summed E-state index contributed by atoms with van der Waals surface area (Å²) < 4.78 is 0.763. The average Bonchev–Trinajstić information content (AvgIpc) is 2.46. The first kappa shape index (κ1) is 14.5. The number of carbonyl (C=O) groups excluding carboxylic acids is 1. The van der Waals surface area contributed by atoms with Crippen molar-refractivity contribution in [1.82, 2.24) is 15.3 Å². The molecule has 0 aliphatic carbocycles. The van der Waals surface area contributed by atoms with E-state index in [9.17, 15) is 4.79 Å². The van der Waals surface area contributed by atoms with Crippen molar-refractivity contribution >= 4 is 27.7 Å². The van der Waals surface area contributed by atoms with Gasteiger partial charge in [-0.2, -0.15) is 0 Å². The van der Waals surface area contributed by atoms with E-state index in [1.54, 1.807) is 31.7 Å². The number of anilines is 1. The van der Waals surface area contributed by atoms with Crippen molar-refractivity contribution < 1.29 is 4.79 Å². The van der Waals surface area contributed by atoms with Gasteiger partial charge in [0.25, 0.3) is 5.91 Å². The molecular weight excluding hydrogens is 320 g/mol. The third-order valence-electron chi connectivity index (χ3n) is 2.92. The Hall–Kier alpha value is -1.95. The Balaban J connectivity index is 2.13. The third-order valence-corrected chi connectivity index (χ3v) is 3.36. The molecule has 2 N–H and O–H groups in total. The molecule has 2 aromatic heterocycles. The first-order valence-electron chi connectivity index (χ1n) is 6.13. The van der Waals surface area contributed by atoms with Gasteiger partial charge in [0.1, 0.15) is 5.82 Å². The van der Waals surface area contributed by atoms with Crippen molar-refractivity contribution in [2.24, 2.45) is 0 Å². The average molecular weight is 335 g/mol. The molecule has 0 aromatic carbocycles. The third kappa shape index (κ3) is 3.33. The number of aromatic nitrogens is 2. The predicted octanol–water partition coefficient (Wildman–Crippen LogP) is 2.52. The number of aryl methyl sites for hydroxylation is 1. The predicted molar refractivity (Wildman–Crippen MR) is 81.6 cm³/mol. The molecule has 0 spiro atoms. The fourth-order valence-corrected chi connectivity index (χ4v) is 2.10. The van der Waals surface area contributed by atoms with Gasteiger partial charge in [0, 0.05) is 36.7 Å². The van der Waals surface area contributed by atoms with Gasteiger partial charge < -0.3 is 10.6 Å². The lowest BCUT2D eigenvalue weighted by molar-refractivity contribution is 0.0951. The minimum absolute atomic E-state index is 0.175. The van der Waals surface area contributed by atoms with Crippen molar-refractivity contribution in [3.8, 4) is 0 Å². The number of carbonyl (C=O) groups is 1. The summed E-state index contributed by atoms with van der Waals surface area (Å²) in [6.45, 7) is 2.43. The molecule has 0 saturated carbocycles. The van der Waals surface area contributed by atoms with Crippen LogP contribution in [-0.2, 0) is 6.54 Å². The van der Waals surface area contributed by atoms with Gasteiger partial charge in [0.05, 0.1) is 5.56 Å². The van der Waals surface area contributed by atoms with Crippen LogP contribution in [0.3, 0.4) is 0 Å². The Morgan fingerprint density at radius 2 is 2.20 bits per heavy atom. The number of pyridine rings is 2. The molecule has 5 nitrogen and oxygen atoms in total. The maximum absolute atomic E-state index is 12.2. The zero-order valence-corrected chi connectivity index (χ0v) is 12.9. The number of nitrogens with zero attached hydrogens (tertiary/aromatic N) is 2. The molecule has 0 atom stereocenters. The molecule has 0 saturated heterocycles. The van der Waals surface area contributed by atoms with E-state index in [0.29, 0.717) is 17.9 Å². The van der Waals surface area contributed by atoms with Crippen LogP contribution in [0.5, 0.6) is 0 Å². The summed E-state index contributed by atoms with van der Waals surface area (Å²) >= 11 is 3.32. The van der Waals surface area contributed by atoms with E-state index in [-0.39, 0.29) is 5.91 Å². The largest absolute Gasteiger partial charge is 0.372 e. The molecule has 0 aliphatic heterocycles. The lowest BCUT2D eigenvalue weighted by Crippen LogP contribution is -2.24. The zero-order chi connectivity index (χ0) is 14.5. The van der Waals surface area contributed by atoms with E-state index in [2.05, 4.69) is 36.5 Å². The molecule has 6 heteroatoms. The lowest BCUT2D eigenvalue weighted by Gasteiger charge is -2.10. The lowest BCUT2D eigenvalue weighted by atomic mass is 10.1. The molecule has 2 aromatic rings. The Labute approximate surface area is 126 Å². The highest BCUT2D eigenvalue weighted by Gasteiger charge is 2.12. The first-order chi connectivity index (χ1) is 9.61. The Kier molecular flexibility index (Phi) is 4.68. The van der Waals surface area contributed by atoms with Crippen LogP contribution in [0.1, 0.15) is 21.5 Å². The Morgan fingerprint density at radius 1 is 1.40 bits per heavy atom. The van der Waals surface area contributed by atoms with Crippen LogP contribution < -0.4 is 10.6 Å². The quantitative estimate of drug-likeness (QED) is 0.901. The second-order valence-corrected chi connectivity index (χ2v) is 5.20. The smallest absolute Gasteiger partial charge is 0.255 e. The van der Waals surface area contributed by atoms with Gasteiger partial charge in [-0.05, 0) is 46.1 Å². The molecule has 0 radical (unpaired) electrons. The summed E-state index contributed by atoms with van der Waals surface area (Å²) in [5.41, 5.74) is 2.60. The minimum atomic E-state index is -0.175. The monoisotopic (exact) mass is 334 g/mol. The number of hydrogen-bond acceptors (Lipinski definition) is 4. The molecular formula is C14H15BrN4O. The number of amides is 1. The number of rotatable bonds is 4. The maximum Gasteiger partial charge on any atom is 0.255 e. The molecule has 2 rings (SSSR count). The van der Waals surface area contributed by atoms with E-state index in [4.69, 9.17) is 0 Å². The van der Waals surface area contributed by atoms with Crippen LogP contribution in [0.4, 0.5) is 5.82 Å². The number of halogens is 1. The summed E-state index contributed by atoms with van der Waals surface area (Å²) in [6.07, 6.45) is 5.14. The molecule has 2 heterocycles. The van der Waals surface area contributed by atoms with E-state index in [1.807, 2.05) is 13.0 Å².